The highest BCUT2D eigenvalue weighted by Crippen LogP contribution is 2.22. The molecule has 0 unspecified atom stereocenters. The van der Waals surface area contributed by atoms with Crippen molar-refractivity contribution in [2.24, 2.45) is 0 Å². The Bertz CT molecular complexity index is 1150. The van der Waals surface area contributed by atoms with Gasteiger partial charge in [-0.2, -0.15) is 0 Å². The van der Waals surface area contributed by atoms with Gasteiger partial charge in [0.25, 0.3) is 0 Å². The molecule has 1 amide bonds. The number of amides is 1. The van der Waals surface area contributed by atoms with E-state index < -0.39 is 10.0 Å². The maximum Gasteiger partial charge on any atom is 0.241 e. The van der Waals surface area contributed by atoms with Crippen LogP contribution in [0.2, 0.25) is 0 Å². The summed E-state index contributed by atoms with van der Waals surface area (Å²) >= 11 is 0. The van der Waals surface area contributed by atoms with Gasteiger partial charge in [-0.05, 0) is 54.3 Å². The number of aryl methyl sites for hydroxylation is 1. The van der Waals surface area contributed by atoms with Gasteiger partial charge in [-0.3, -0.25) is 9.10 Å². The van der Waals surface area contributed by atoms with Gasteiger partial charge in [-0.15, -0.1) is 0 Å². The van der Waals surface area contributed by atoms with Gasteiger partial charge in [0, 0.05) is 0 Å². The van der Waals surface area contributed by atoms with Gasteiger partial charge >= 0.3 is 0 Å². The number of ether oxygens (including phenoxy) is 1. The van der Waals surface area contributed by atoms with E-state index >= 15 is 0 Å². The van der Waals surface area contributed by atoms with E-state index in [1.165, 1.54) is 5.56 Å². The first kappa shape index (κ1) is 24.3. The fraction of sp³-hybridized carbons (Fsp3) is 0.269. The molecule has 1 atom stereocenters. The SMILES string of the molecule is CCc1ccc([C@@H](C)NC(=O)CN(c2ccc(OCc3ccccc3)cc2)S(C)(=O)=O)cc1. The lowest BCUT2D eigenvalue weighted by atomic mass is 10.1. The summed E-state index contributed by atoms with van der Waals surface area (Å²) in [6.07, 6.45) is 2.04. The number of anilines is 1. The molecule has 0 fully saturated rings. The Balaban J connectivity index is 1.64. The first-order valence-electron chi connectivity index (χ1n) is 10.9. The molecule has 0 saturated heterocycles. The number of sulfonamides is 1. The van der Waals surface area contributed by atoms with E-state index in [1.807, 2.05) is 61.5 Å². The number of nitrogens with one attached hydrogen (secondary N) is 1. The summed E-state index contributed by atoms with van der Waals surface area (Å²) in [6, 6.07) is 24.2. The van der Waals surface area contributed by atoms with Crippen LogP contribution in [0.25, 0.3) is 0 Å². The van der Waals surface area contributed by atoms with Crippen molar-refractivity contribution in [2.45, 2.75) is 32.9 Å². The van der Waals surface area contributed by atoms with Gasteiger partial charge in [0.15, 0.2) is 0 Å². The third kappa shape index (κ3) is 7.08. The van der Waals surface area contributed by atoms with E-state index in [0.717, 1.165) is 28.1 Å². The lowest BCUT2D eigenvalue weighted by Crippen LogP contribution is -2.41. The molecule has 0 spiro atoms. The highest BCUT2D eigenvalue weighted by molar-refractivity contribution is 7.92. The van der Waals surface area contributed by atoms with Crippen LogP contribution in [0.4, 0.5) is 5.69 Å². The summed E-state index contributed by atoms with van der Waals surface area (Å²) in [7, 11) is -3.66. The number of benzene rings is 3. The number of carbonyl (C=O) groups is 1. The number of hydrogen-bond donors (Lipinski definition) is 1. The minimum atomic E-state index is -3.66. The lowest BCUT2D eigenvalue weighted by Gasteiger charge is -2.23. The second-order valence-electron chi connectivity index (χ2n) is 7.92. The molecule has 3 rings (SSSR count). The Morgan fingerprint density at radius 3 is 2.15 bits per heavy atom. The molecular formula is C26H30N2O4S. The quantitative estimate of drug-likeness (QED) is 0.478. The Morgan fingerprint density at radius 2 is 1.58 bits per heavy atom. The third-order valence-electron chi connectivity index (χ3n) is 5.33. The second-order valence-corrected chi connectivity index (χ2v) is 9.83. The summed E-state index contributed by atoms with van der Waals surface area (Å²) < 4.78 is 31.7. The van der Waals surface area contributed by atoms with E-state index in [9.17, 15) is 13.2 Å². The predicted octanol–water partition coefficient (Wildman–Crippen LogP) is 4.47. The number of rotatable bonds is 10. The molecule has 0 radical (unpaired) electrons. The van der Waals surface area contributed by atoms with E-state index in [2.05, 4.69) is 12.2 Å². The maximum absolute atomic E-state index is 12.7. The van der Waals surface area contributed by atoms with Gasteiger partial charge in [0.05, 0.1) is 18.0 Å². The zero-order valence-electron chi connectivity index (χ0n) is 19.2. The van der Waals surface area contributed by atoms with Crippen LogP contribution < -0.4 is 14.4 Å². The van der Waals surface area contributed by atoms with Gasteiger partial charge in [0.1, 0.15) is 18.9 Å². The van der Waals surface area contributed by atoms with Crippen molar-refractivity contribution >= 4 is 21.6 Å². The molecule has 0 aliphatic heterocycles. The van der Waals surface area contributed by atoms with Crippen molar-refractivity contribution in [2.75, 3.05) is 17.1 Å². The molecule has 0 aliphatic carbocycles. The first-order chi connectivity index (χ1) is 15.8. The van der Waals surface area contributed by atoms with Crippen molar-refractivity contribution < 1.29 is 17.9 Å². The maximum atomic E-state index is 12.7. The topological polar surface area (TPSA) is 75.7 Å². The first-order valence-corrected chi connectivity index (χ1v) is 12.7. The monoisotopic (exact) mass is 466 g/mol. The zero-order chi connectivity index (χ0) is 23.8. The van der Waals surface area contributed by atoms with Crippen LogP contribution in [0.5, 0.6) is 5.75 Å². The van der Waals surface area contributed by atoms with Gasteiger partial charge in [-0.1, -0.05) is 61.5 Å². The standard InChI is InChI=1S/C26H30N2O4S/c1-4-21-10-12-23(13-11-21)20(2)27-26(29)18-28(33(3,30)31)24-14-16-25(17-15-24)32-19-22-8-6-5-7-9-22/h5-17,20H,4,18-19H2,1-3H3,(H,27,29)/t20-/m1/s1. The van der Waals surface area contributed by atoms with E-state index in [-0.39, 0.29) is 18.5 Å². The lowest BCUT2D eigenvalue weighted by molar-refractivity contribution is -0.120. The van der Waals surface area contributed by atoms with Crippen LogP contribution in [-0.2, 0) is 27.8 Å². The fourth-order valence-electron chi connectivity index (χ4n) is 3.39. The normalized spacial score (nSPS) is 12.1. The average Bonchev–Trinajstić information content (AvgIpc) is 2.81. The summed E-state index contributed by atoms with van der Waals surface area (Å²) in [5, 5.41) is 2.89. The average molecular weight is 467 g/mol. The molecule has 0 aromatic heterocycles. The smallest absolute Gasteiger partial charge is 0.241 e. The number of nitrogens with zero attached hydrogens (tertiary/aromatic N) is 1. The molecule has 174 valence electrons. The zero-order valence-corrected chi connectivity index (χ0v) is 20.0. The second kappa shape index (κ2) is 11.0. The largest absolute Gasteiger partial charge is 0.489 e. The molecule has 0 saturated carbocycles. The fourth-order valence-corrected chi connectivity index (χ4v) is 4.25. The van der Waals surface area contributed by atoms with Gasteiger partial charge in [-0.25, -0.2) is 8.42 Å². The number of hydrogen-bond acceptors (Lipinski definition) is 4. The van der Waals surface area contributed by atoms with Gasteiger partial charge in [0.2, 0.25) is 15.9 Å². The molecule has 1 N–H and O–H groups in total. The molecule has 7 heteroatoms. The molecule has 3 aromatic rings. The molecule has 33 heavy (non-hydrogen) atoms. The summed E-state index contributed by atoms with van der Waals surface area (Å²) in [6.45, 7) is 4.07. The van der Waals surface area contributed by atoms with Crippen molar-refractivity contribution in [3.05, 3.63) is 95.6 Å². The summed E-state index contributed by atoms with van der Waals surface area (Å²) in [5.74, 6) is 0.238. The Kier molecular flexibility index (Phi) is 8.11. The van der Waals surface area contributed by atoms with Crippen LogP contribution >= 0.6 is 0 Å². The molecule has 0 heterocycles. The van der Waals surface area contributed by atoms with E-state index in [4.69, 9.17) is 4.74 Å². The van der Waals surface area contributed by atoms with Crippen LogP contribution in [0.3, 0.4) is 0 Å². The molecule has 3 aromatic carbocycles. The van der Waals surface area contributed by atoms with Crippen LogP contribution in [0.15, 0.2) is 78.9 Å². The Morgan fingerprint density at radius 1 is 0.939 bits per heavy atom. The van der Waals surface area contributed by atoms with E-state index in [0.29, 0.717) is 18.0 Å². The molecular weight excluding hydrogens is 436 g/mol. The summed E-state index contributed by atoms with van der Waals surface area (Å²) in [4.78, 5) is 12.7. The van der Waals surface area contributed by atoms with Crippen LogP contribution in [-0.4, -0.2) is 27.1 Å². The predicted molar refractivity (Wildman–Crippen MR) is 132 cm³/mol. The minimum absolute atomic E-state index is 0.237. The summed E-state index contributed by atoms with van der Waals surface area (Å²) in [5.41, 5.74) is 3.62. The highest BCUT2D eigenvalue weighted by atomic mass is 32.2. The van der Waals surface area contributed by atoms with Crippen LogP contribution in [0.1, 0.15) is 36.6 Å². The van der Waals surface area contributed by atoms with Crippen molar-refractivity contribution in [1.29, 1.82) is 0 Å². The Hall–Kier alpha value is -3.32. The van der Waals surface area contributed by atoms with Gasteiger partial charge < -0.3 is 10.1 Å². The van der Waals surface area contributed by atoms with Crippen LogP contribution in [0, 0.1) is 0 Å². The minimum Gasteiger partial charge on any atom is -0.489 e. The van der Waals surface area contributed by atoms with E-state index in [1.54, 1.807) is 24.3 Å². The highest BCUT2D eigenvalue weighted by Gasteiger charge is 2.22. The molecule has 0 bridgehead atoms. The number of carbonyl (C=O) groups excluding carboxylic acids is 1. The molecule has 6 nitrogen and oxygen atoms in total. The van der Waals surface area contributed by atoms with Crippen molar-refractivity contribution in [3.63, 3.8) is 0 Å². The van der Waals surface area contributed by atoms with Crippen molar-refractivity contribution in [1.82, 2.24) is 5.32 Å². The third-order valence-corrected chi connectivity index (χ3v) is 6.47. The Labute approximate surface area is 196 Å². The van der Waals surface area contributed by atoms with Crippen molar-refractivity contribution in [3.8, 4) is 5.75 Å². The molecule has 0 aliphatic rings.